The molecule has 150 valence electrons. The molecule has 0 radical (unpaired) electrons. The van der Waals surface area contributed by atoms with Gasteiger partial charge < -0.3 is 25.6 Å². The van der Waals surface area contributed by atoms with Gasteiger partial charge in [-0.05, 0) is 70.8 Å². The number of ether oxygens (including phenoxy) is 1. The van der Waals surface area contributed by atoms with E-state index in [1.54, 1.807) is 0 Å². The number of nitrogens with one attached hydrogen (secondary N) is 1. The fourth-order valence-corrected chi connectivity index (χ4v) is 4.16. The van der Waals surface area contributed by atoms with Crippen molar-refractivity contribution in [3.05, 3.63) is 35.5 Å². The van der Waals surface area contributed by atoms with Crippen LogP contribution in [0.3, 0.4) is 0 Å². The van der Waals surface area contributed by atoms with E-state index in [-0.39, 0.29) is 0 Å². The fourth-order valence-electron chi connectivity index (χ4n) is 4.16. The summed E-state index contributed by atoms with van der Waals surface area (Å²) in [4.78, 5) is 4.85. The number of hydrogen-bond donors (Lipinski definition) is 2. The lowest BCUT2D eigenvalue weighted by molar-refractivity contribution is 0.0188. The monoisotopic (exact) mass is 372 g/mol. The van der Waals surface area contributed by atoms with E-state index in [0.29, 0.717) is 12.1 Å². The third-order valence-electron chi connectivity index (χ3n) is 5.96. The first-order valence-corrected chi connectivity index (χ1v) is 10.4. The molecule has 0 amide bonds. The summed E-state index contributed by atoms with van der Waals surface area (Å²) in [6.07, 6.45) is 8.29. The normalized spacial score (nSPS) is 22.3. The molecule has 5 nitrogen and oxygen atoms in total. The highest BCUT2D eigenvalue weighted by Crippen LogP contribution is 2.25. The second kappa shape index (κ2) is 9.47. The number of aryl methyl sites for hydroxylation is 1. The Balaban J connectivity index is 1.56. The minimum Gasteiger partial charge on any atom is -0.397 e. The van der Waals surface area contributed by atoms with Gasteiger partial charge in [-0.15, -0.1) is 0 Å². The molecule has 2 heterocycles. The van der Waals surface area contributed by atoms with Crippen molar-refractivity contribution in [2.45, 2.75) is 51.2 Å². The SMILES string of the molecule is Cc1cc(N2CCC(N(C)C)CC2)ccc1/C(N)=C/NCC1CCCCO1. The molecule has 1 aromatic carbocycles. The van der Waals surface area contributed by atoms with Crippen molar-refractivity contribution < 1.29 is 4.74 Å². The van der Waals surface area contributed by atoms with Crippen LogP contribution < -0.4 is 16.0 Å². The second-order valence-electron chi connectivity index (χ2n) is 8.18. The topological polar surface area (TPSA) is 53.8 Å². The van der Waals surface area contributed by atoms with Gasteiger partial charge in [0, 0.05) is 49.7 Å². The molecule has 2 fully saturated rings. The Bertz CT molecular complexity index is 629. The zero-order valence-corrected chi connectivity index (χ0v) is 17.2. The van der Waals surface area contributed by atoms with E-state index in [1.165, 1.54) is 36.9 Å². The van der Waals surface area contributed by atoms with Crippen LogP contribution in [0.15, 0.2) is 24.4 Å². The molecule has 2 saturated heterocycles. The Morgan fingerprint density at radius 2 is 2.04 bits per heavy atom. The van der Waals surface area contributed by atoms with Crippen molar-refractivity contribution in [2.24, 2.45) is 5.73 Å². The van der Waals surface area contributed by atoms with Crippen molar-refractivity contribution in [1.29, 1.82) is 0 Å². The number of nitrogens with two attached hydrogens (primary N) is 1. The summed E-state index contributed by atoms with van der Waals surface area (Å²) in [7, 11) is 4.37. The third-order valence-corrected chi connectivity index (χ3v) is 5.96. The van der Waals surface area contributed by atoms with E-state index in [4.69, 9.17) is 10.5 Å². The maximum absolute atomic E-state index is 6.33. The molecular weight excluding hydrogens is 336 g/mol. The van der Waals surface area contributed by atoms with E-state index < -0.39 is 0 Å². The maximum Gasteiger partial charge on any atom is 0.0747 e. The summed E-state index contributed by atoms with van der Waals surface area (Å²) >= 11 is 0. The Morgan fingerprint density at radius 1 is 1.26 bits per heavy atom. The van der Waals surface area contributed by atoms with Gasteiger partial charge in [0.1, 0.15) is 0 Å². The summed E-state index contributed by atoms with van der Waals surface area (Å²) < 4.78 is 5.75. The van der Waals surface area contributed by atoms with Gasteiger partial charge in [0.2, 0.25) is 0 Å². The molecule has 2 aliphatic heterocycles. The highest BCUT2D eigenvalue weighted by atomic mass is 16.5. The molecule has 5 heteroatoms. The zero-order valence-electron chi connectivity index (χ0n) is 17.2. The van der Waals surface area contributed by atoms with Gasteiger partial charge >= 0.3 is 0 Å². The lowest BCUT2D eigenvalue weighted by Gasteiger charge is -2.36. The Morgan fingerprint density at radius 3 is 2.67 bits per heavy atom. The number of anilines is 1. The van der Waals surface area contributed by atoms with Crippen LogP contribution in [0.1, 0.15) is 43.2 Å². The molecule has 3 rings (SSSR count). The number of hydrogen-bond acceptors (Lipinski definition) is 5. The van der Waals surface area contributed by atoms with Gasteiger partial charge in [0.25, 0.3) is 0 Å². The van der Waals surface area contributed by atoms with Gasteiger partial charge in [-0.2, -0.15) is 0 Å². The van der Waals surface area contributed by atoms with Gasteiger partial charge in [-0.25, -0.2) is 0 Å². The molecule has 2 aliphatic rings. The van der Waals surface area contributed by atoms with Gasteiger partial charge in [0.05, 0.1) is 11.8 Å². The number of nitrogens with zero attached hydrogens (tertiary/aromatic N) is 2. The van der Waals surface area contributed by atoms with Crippen LogP contribution in [0.2, 0.25) is 0 Å². The van der Waals surface area contributed by atoms with E-state index >= 15 is 0 Å². The molecule has 1 atom stereocenters. The van der Waals surface area contributed by atoms with Crippen molar-refractivity contribution in [1.82, 2.24) is 10.2 Å². The first-order valence-electron chi connectivity index (χ1n) is 10.4. The molecule has 1 unspecified atom stereocenters. The quantitative estimate of drug-likeness (QED) is 0.804. The van der Waals surface area contributed by atoms with E-state index in [0.717, 1.165) is 43.9 Å². The predicted octanol–water partition coefficient (Wildman–Crippen LogP) is 2.94. The Labute approximate surface area is 164 Å². The van der Waals surface area contributed by atoms with Crippen LogP contribution in [0.4, 0.5) is 5.69 Å². The minimum absolute atomic E-state index is 0.316. The second-order valence-corrected chi connectivity index (χ2v) is 8.18. The molecule has 3 N–H and O–H groups in total. The van der Waals surface area contributed by atoms with E-state index in [2.05, 4.69) is 54.3 Å². The number of benzene rings is 1. The van der Waals surface area contributed by atoms with Crippen LogP contribution in [0, 0.1) is 6.92 Å². The van der Waals surface area contributed by atoms with Gasteiger partial charge in [-0.1, -0.05) is 6.07 Å². The molecular formula is C22H36N4O. The van der Waals surface area contributed by atoms with Crippen LogP contribution >= 0.6 is 0 Å². The summed E-state index contributed by atoms with van der Waals surface area (Å²) in [5, 5.41) is 3.35. The van der Waals surface area contributed by atoms with Crippen molar-refractivity contribution >= 4 is 11.4 Å². The van der Waals surface area contributed by atoms with Crippen molar-refractivity contribution in [3.63, 3.8) is 0 Å². The molecule has 1 aromatic rings. The highest BCUT2D eigenvalue weighted by Gasteiger charge is 2.21. The lowest BCUT2D eigenvalue weighted by atomic mass is 10.0. The summed E-state index contributed by atoms with van der Waals surface area (Å²) in [5.74, 6) is 0. The third kappa shape index (κ3) is 5.39. The first-order chi connectivity index (χ1) is 13.0. The molecule has 0 spiro atoms. The number of piperidine rings is 1. The zero-order chi connectivity index (χ0) is 19.2. The van der Waals surface area contributed by atoms with Crippen LogP contribution in [0.5, 0.6) is 0 Å². The Hall–Kier alpha value is -1.72. The molecule has 27 heavy (non-hydrogen) atoms. The van der Waals surface area contributed by atoms with Gasteiger partial charge in [-0.3, -0.25) is 0 Å². The Kier molecular flexibility index (Phi) is 7.02. The smallest absolute Gasteiger partial charge is 0.0747 e. The molecule has 0 bridgehead atoms. The largest absolute Gasteiger partial charge is 0.397 e. The average molecular weight is 373 g/mol. The fraction of sp³-hybridized carbons (Fsp3) is 0.636. The molecule has 0 saturated carbocycles. The summed E-state index contributed by atoms with van der Waals surface area (Å²) in [6.45, 7) is 6.11. The summed E-state index contributed by atoms with van der Waals surface area (Å²) in [6, 6.07) is 7.35. The minimum atomic E-state index is 0.316. The summed E-state index contributed by atoms with van der Waals surface area (Å²) in [5.41, 5.74) is 10.8. The predicted molar refractivity (Wildman–Crippen MR) is 114 cm³/mol. The highest BCUT2D eigenvalue weighted by molar-refractivity contribution is 5.68. The van der Waals surface area contributed by atoms with Gasteiger partial charge in [0.15, 0.2) is 0 Å². The van der Waals surface area contributed by atoms with Crippen LogP contribution in [-0.2, 0) is 4.74 Å². The number of rotatable bonds is 6. The first kappa shape index (κ1) is 20.0. The van der Waals surface area contributed by atoms with E-state index in [1.807, 2.05) is 6.20 Å². The lowest BCUT2D eigenvalue weighted by Crippen LogP contribution is -2.42. The standard InChI is InChI=1S/C22H36N4O/c1-17-14-19(26-11-9-18(10-12-26)25(2)3)7-8-21(17)22(23)16-24-15-20-6-4-5-13-27-20/h7-8,14,16,18,20,24H,4-6,9-13,15,23H2,1-3H3/b22-16-. The molecule has 0 aromatic heterocycles. The van der Waals surface area contributed by atoms with Crippen LogP contribution in [0.25, 0.3) is 5.70 Å². The maximum atomic E-state index is 6.33. The van der Waals surface area contributed by atoms with Crippen LogP contribution in [-0.4, -0.2) is 57.4 Å². The van der Waals surface area contributed by atoms with Crippen molar-refractivity contribution in [2.75, 3.05) is 45.2 Å². The van der Waals surface area contributed by atoms with E-state index in [9.17, 15) is 0 Å². The van der Waals surface area contributed by atoms with Crippen molar-refractivity contribution in [3.8, 4) is 0 Å². The average Bonchev–Trinajstić information content (AvgIpc) is 2.68. The molecule has 0 aliphatic carbocycles.